The largest absolute Gasteiger partial charge is 0.339 e. The number of aromatic nitrogens is 3. The number of nitrogens with zero attached hydrogens (tertiary/aromatic N) is 4. The van der Waals surface area contributed by atoms with E-state index in [2.05, 4.69) is 15.1 Å². The summed E-state index contributed by atoms with van der Waals surface area (Å²) in [5.41, 5.74) is 0.864. The average Bonchev–Trinajstić information content (AvgIpc) is 3.02. The molecule has 3 rings (SSSR count). The highest BCUT2D eigenvalue weighted by molar-refractivity contribution is 7.13. The highest BCUT2D eigenvalue weighted by Gasteiger charge is 2.26. The van der Waals surface area contributed by atoms with E-state index in [1.54, 1.807) is 11.9 Å². The van der Waals surface area contributed by atoms with Crippen LogP contribution in [0.4, 0.5) is 0 Å². The van der Waals surface area contributed by atoms with Crippen LogP contribution < -0.4 is 0 Å². The third kappa shape index (κ3) is 2.90. The standard InChI is InChI=1S/C15H20N4O2S/c1-4-11-13(22-9(2)16-11)15(20)19(3)8-12-17-14(21-18-12)10-6-5-7-10/h10H,4-8H2,1-3H3. The molecular weight excluding hydrogens is 300 g/mol. The lowest BCUT2D eigenvalue weighted by molar-refractivity contribution is 0.0784. The van der Waals surface area contributed by atoms with Gasteiger partial charge in [0.2, 0.25) is 5.89 Å². The molecule has 1 aliphatic carbocycles. The van der Waals surface area contributed by atoms with Crippen molar-refractivity contribution >= 4 is 17.2 Å². The Balaban J connectivity index is 1.69. The summed E-state index contributed by atoms with van der Waals surface area (Å²) in [4.78, 5) is 23.7. The molecule has 1 saturated carbocycles. The molecule has 1 fully saturated rings. The third-order valence-corrected chi connectivity index (χ3v) is 5.00. The lowest BCUT2D eigenvalue weighted by atomic mass is 9.85. The Morgan fingerprint density at radius 1 is 1.41 bits per heavy atom. The SMILES string of the molecule is CCc1nc(C)sc1C(=O)N(C)Cc1noc(C2CCC2)n1. The number of amides is 1. The molecule has 0 spiro atoms. The number of hydrogen-bond donors (Lipinski definition) is 0. The zero-order valence-corrected chi connectivity index (χ0v) is 13.9. The van der Waals surface area contributed by atoms with Crippen LogP contribution in [0.3, 0.4) is 0 Å². The molecule has 7 heteroatoms. The van der Waals surface area contributed by atoms with Gasteiger partial charge in [0, 0.05) is 13.0 Å². The fourth-order valence-corrected chi connectivity index (χ4v) is 3.49. The van der Waals surface area contributed by atoms with Gasteiger partial charge in [-0.3, -0.25) is 4.79 Å². The van der Waals surface area contributed by atoms with Crippen molar-refractivity contribution in [3.8, 4) is 0 Å². The van der Waals surface area contributed by atoms with Gasteiger partial charge in [-0.05, 0) is 26.2 Å². The monoisotopic (exact) mass is 320 g/mol. The zero-order valence-electron chi connectivity index (χ0n) is 13.1. The Labute approximate surface area is 133 Å². The van der Waals surface area contributed by atoms with E-state index in [-0.39, 0.29) is 5.91 Å². The summed E-state index contributed by atoms with van der Waals surface area (Å²) in [5, 5.41) is 4.91. The molecule has 0 atom stereocenters. The van der Waals surface area contributed by atoms with Crippen LogP contribution in [-0.2, 0) is 13.0 Å². The predicted molar refractivity (Wildman–Crippen MR) is 82.9 cm³/mol. The van der Waals surface area contributed by atoms with Crippen LogP contribution >= 0.6 is 11.3 Å². The van der Waals surface area contributed by atoms with Gasteiger partial charge in [0.15, 0.2) is 5.82 Å². The van der Waals surface area contributed by atoms with Crippen molar-refractivity contribution in [1.82, 2.24) is 20.0 Å². The van der Waals surface area contributed by atoms with E-state index in [0.29, 0.717) is 29.1 Å². The van der Waals surface area contributed by atoms with Crippen molar-refractivity contribution in [3.63, 3.8) is 0 Å². The molecule has 0 bridgehead atoms. The minimum atomic E-state index is -0.0301. The first-order valence-corrected chi connectivity index (χ1v) is 8.44. The van der Waals surface area contributed by atoms with Crippen molar-refractivity contribution in [2.24, 2.45) is 0 Å². The molecule has 2 aromatic heterocycles. The molecule has 1 aliphatic rings. The van der Waals surface area contributed by atoms with Crippen molar-refractivity contribution in [1.29, 1.82) is 0 Å². The van der Waals surface area contributed by atoms with Crippen molar-refractivity contribution in [2.45, 2.75) is 52.0 Å². The first-order chi connectivity index (χ1) is 10.6. The average molecular weight is 320 g/mol. The van der Waals surface area contributed by atoms with Crippen molar-refractivity contribution in [2.75, 3.05) is 7.05 Å². The van der Waals surface area contributed by atoms with Crippen LogP contribution in [0.2, 0.25) is 0 Å². The number of hydrogen-bond acceptors (Lipinski definition) is 6. The van der Waals surface area contributed by atoms with Gasteiger partial charge < -0.3 is 9.42 Å². The Hall–Kier alpha value is -1.76. The molecule has 2 heterocycles. The van der Waals surface area contributed by atoms with Crippen LogP contribution in [0, 0.1) is 6.92 Å². The summed E-state index contributed by atoms with van der Waals surface area (Å²) >= 11 is 1.44. The summed E-state index contributed by atoms with van der Waals surface area (Å²) < 4.78 is 5.30. The smallest absolute Gasteiger partial charge is 0.266 e. The number of carbonyl (C=O) groups is 1. The van der Waals surface area contributed by atoms with E-state index in [1.165, 1.54) is 17.8 Å². The quantitative estimate of drug-likeness (QED) is 0.847. The normalized spacial score (nSPS) is 14.9. The molecule has 118 valence electrons. The van der Waals surface area contributed by atoms with Crippen LogP contribution in [0.1, 0.15) is 64.2 Å². The minimum Gasteiger partial charge on any atom is -0.339 e. The molecule has 0 N–H and O–H groups in total. The van der Waals surface area contributed by atoms with E-state index in [0.717, 1.165) is 30.0 Å². The number of aryl methyl sites for hydroxylation is 2. The molecule has 0 aliphatic heterocycles. The van der Waals surface area contributed by atoms with E-state index < -0.39 is 0 Å². The van der Waals surface area contributed by atoms with E-state index in [9.17, 15) is 4.79 Å². The molecule has 0 radical (unpaired) electrons. The molecular formula is C15H20N4O2S. The number of rotatable bonds is 5. The van der Waals surface area contributed by atoms with E-state index in [1.807, 2.05) is 13.8 Å². The van der Waals surface area contributed by atoms with Gasteiger partial charge in [-0.25, -0.2) is 4.98 Å². The zero-order chi connectivity index (χ0) is 15.7. The lowest BCUT2D eigenvalue weighted by Crippen LogP contribution is -2.26. The maximum atomic E-state index is 12.6. The fourth-order valence-electron chi connectivity index (χ4n) is 2.49. The van der Waals surface area contributed by atoms with Crippen LogP contribution in [0.15, 0.2) is 4.52 Å². The molecule has 22 heavy (non-hydrogen) atoms. The molecule has 6 nitrogen and oxygen atoms in total. The van der Waals surface area contributed by atoms with Crippen molar-refractivity contribution < 1.29 is 9.32 Å². The van der Waals surface area contributed by atoms with E-state index >= 15 is 0 Å². The Bertz CT molecular complexity index is 675. The lowest BCUT2D eigenvalue weighted by Gasteiger charge is -2.20. The van der Waals surface area contributed by atoms with Gasteiger partial charge in [-0.2, -0.15) is 4.98 Å². The Morgan fingerprint density at radius 2 is 2.18 bits per heavy atom. The Kier molecular flexibility index (Phi) is 4.24. The summed E-state index contributed by atoms with van der Waals surface area (Å²) in [7, 11) is 1.76. The molecule has 2 aromatic rings. The van der Waals surface area contributed by atoms with Gasteiger partial charge in [0.25, 0.3) is 5.91 Å². The fraction of sp³-hybridized carbons (Fsp3) is 0.600. The summed E-state index contributed by atoms with van der Waals surface area (Å²) in [5.74, 6) is 1.66. The summed E-state index contributed by atoms with van der Waals surface area (Å²) in [6, 6.07) is 0. The van der Waals surface area contributed by atoms with Gasteiger partial charge in [0.1, 0.15) is 4.88 Å². The summed E-state index contributed by atoms with van der Waals surface area (Å²) in [6.07, 6.45) is 4.23. The minimum absolute atomic E-state index is 0.0301. The Morgan fingerprint density at radius 3 is 2.82 bits per heavy atom. The second kappa shape index (κ2) is 6.16. The highest BCUT2D eigenvalue weighted by atomic mass is 32.1. The van der Waals surface area contributed by atoms with Crippen molar-refractivity contribution in [3.05, 3.63) is 27.3 Å². The predicted octanol–water partition coefficient (Wildman–Crippen LogP) is 2.94. The molecule has 0 unspecified atom stereocenters. The van der Waals surface area contributed by atoms with Crippen LogP contribution in [0.25, 0.3) is 0 Å². The highest BCUT2D eigenvalue weighted by Crippen LogP contribution is 2.35. The molecule has 0 aromatic carbocycles. The van der Waals surface area contributed by atoms with Gasteiger partial charge >= 0.3 is 0 Å². The van der Waals surface area contributed by atoms with Crippen LogP contribution in [-0.4, -0.2) is 33.0 Å². The second-order valence-electron chi connectivity index (χ2n) is 5.70. The first-order valence-electron chi connectivity index (χ1n) is 7.62. The van der Waals surface area contributed by atoms with Gasteiger partial charge in [-0.1, -0.05) is 18.5 Å². The van der Waals surface area contributed by atoms with Gasteiger partial charge in [0.05, 0.1) is 17.2 Å². The second-order valence-corrected chi connectivity index (χ2v) is 6.90. The summed E-state index contributed by atoms with van der Waals surface area (Å²) in [6.45, 7) is 4.29. The van der Waals surface area contributed by atoms with E-state index in [4.69, 9.17) is 4.52 Å². The maximum Gasteiger partial charge on any atom is 0.266 e. The molecule has 1 amide bonds. The number of thiazole rings is 1. The molecule has 0 saturated heterocycles. The topological polar surface area (TPSA) is 72.1 Å². The first kappa shape index (κ1) is 15.1. The third-order valence-electron chi connectivity index (χ3n) is 4.00. The maximum absolute atomic E-state index is 12.6. The van der Waals surface area contributed by atoms with Crippen LogP contribution in [0.5, 0.6) is 0 Å². The number of carbonyl (C=O) groups excluding carboxylic acids is 1. The van der Waals surface area contributed by atoms with Gasteiger partial charge in [-0.15, -0.1) is 11.3 Å².